The lowest BCUT2D eigenvalue weighted by Crippen LogP contribution is -2.48. The van der Waals surface area contributed by atoms with E-state index in [2.05, 4.69) is 24.3 Å². The molecule has 3 nitrogen and oxygen atoms in total. The fourth-order valence-corrected chi connectivity index (χ4v) is 3.47. The lowest BCUT2D eigenvalue weighted by Gasteiger charge is -2.37. The van der Waals surface area contributed by atoms with Crippen molar-refractivity contribution in [3.05, 3.63) is 35.4 Å². The van der Waals surface area contributed by atoms with Gasteiger partial charge in [-0.3, -0.25) is 0 Å². The Labute approximate surface area is 121 Å². The highest BCUT2D eigenvalue weighted by atomic mass is 16.5. The van der Waals surface area contributed by atoms with Crippen molar-refractivity contribution in [1.82, 2.24) is 0 Å². The molecule has 2 aliphatic rings. The fraction of sp³-hybridized carbons (Fsp3) is 0.647. The van der Waals surface area contributed by atoms with E-state index in [1.54, 1.807) is 0 Å². The first-order valence-corrected chi connectivity index (χ1v) is 7.83. The minimum Gasteiger partial charge on any atom is -0.378 e. The van der Waals surface area contributed by atoms with Crippen LogP contribution >= 0.6 is 0 Å². The van der Waals surface area contributed by atoms with Gasteiger partial charge >= 0.3 is 0 Å². The molecule has 0 radical (unpaired) electrons. The molecule has 0 bridgehead atoms. The van der Waals surface area contributed by atoms with Crippen LogP contribution in [0.2, 0.25) is 0 Å². The van der Waals surface area contributed by atoms with Crippen molar-refractivity contribution in [3.63, 3.8) is 0 Å². The largest absolute Gasteiger partial charge is 0.378 e. The van der Waals surface area contributed by atoms with Crippen molar-refractivity contribution in [2.24, 2.45) is 5.73 Å². The van der Waals surface area contributed by atoms with E-state index >= 15 is 0 Å². The highest BCUT2D eigenvalue weighted by Crippen LogP contribution is 2.33. The van der Waals surface area contributed by atoms with Crippen LogP contribution in [-0.2, 0) is 15.9 Å². The topological polar surface area (TPSA) is 44.5 Å². The molecule has 3 rings (SSSR count). The standard InChI is InChI=1S/C17H25NO2/c18-12-17(9-4-10-19-13-17)20-11-15-7-3-6-14-5-1-2-8-16(14)15/h1-2,5,8,15H,3-4,6-7,9-13,18H2. The molecule has 0 saturated carbocycles. The predicted molar refractivity (Wildman–Crippen MR) is 79.9 cm³/mol. The number of fused-ring (bicyclic) bond motifs is 1. The van der Waals surface area contributed by atoms with E-state index in [9.17, 15) is 0 Å². The van der Waals surface area contributed by atoms with Crippen LogP contribution in [-0.4, -0.2) is 32.0 Å². The molecular weight excluding hydrogens is 250 g/mol. The molecule has 2 N–H and O–H groups in total. The van der Waals surface area contributed by atoms with E-state index in [-0.39, 0.29) is 5.60 Å². The number of aryl methyl sites for hydroxylation is 1. The summed E-state index contributed by atoms with van der Waals surface area (Å²) in [5.74, 6) is 0.519. The first kappa shape index (κ1) is 14.1. The van der Waals surface area contributed by atoms with Crippen LogP contribution in [0, 0.1) is 0 Å². The van der Waals surface area contributed by atoms with Gasteiger partial charge in [-0.1, -0.05) is 24.3 Å². The average Bonchev–Trinajstić information content (AvgIpc) is 2.54. The molecular formula is C17H25NO2. The van der Waals surface area contributed by atoms with Gasteiger partial charge in [-0.15, -0.1) is 0 Å². The molecule has 2 atom stereocenters. The molecule has 1 aliphatic heterocycles. The Bertz CT molecular complexity index is 440. The number of nitrogens with two attached hydrogens (primary N) is 1. The molecule has 1 aliphatic carbocycles. The molecule has 2 unspecified atom stereocenters. The summed E-state index contributed by atoms with van der Waals surface area (Å²) in [5, 5.41) is 0. The Morgan fingerprint density at radius 2 is 2.20 bits per heavy atom. The van der Waals surface area contributed by atoms with Crippen LogP contribution < -0.4 is 5.73 Å². The van der Waals surface area contributed by atoms with Crippen LogP contribution in [0.15, 0.2) is 24.3 Å². The molecule has 20 heavy (non-hydrogen) atoms. The zero-order valence-electron chi connectivity index (χ0n) is 12.1. The van der Waals surface area contributed by atoms with E-state index in [0.29, 0.717) is 19.1 Å². The maximum Gasteiger partial charge on any atom is 0.104 e. The van der Waals surface area contributed by atoms with Crippen LogP contribution in [0.4, 0.5) is 0 Å². The van der Waals surface area contributed by atoms with Gasteiger partial charge in [-0.05, 0) is 43.2 Å². The predicted octanol–water partition coefficient (Wildman–Crippen LogP) is 2.63. The third-order valence-corrected chi connectivity index (χ3v) is 4.74. The number of hydrogen-bond acceptors (Lipinski definition) is 3. The molecule has 1 aromatic rings. The third-order valence-electron chi connectivity index (χ3n) is 4.74. The SMILES string of the molecule is NCC1(OCC2CCCc3ccccc32)CCCOC1. The van der Waals surface area contributed by atoms with E-state index in [1.165, 1.54) is 30.4 Å². The van der Waals surface area contributed by atoms with Crippen LogP contribution in [0.3, 0.4) is 0 Å². The van der Waals surface area contributed by atoms with Gasteiger partial charge in [0.1, 0.15) is 5.60 Å². The summed E-state index contributed by atoms with van der Waals surface area (Å²) in [4.78, 5) is 0. The molecule has 0 spiro atoms. The lowest BCUT2D eigenvalue weighted by molar-refractivity contribution is -0.126. The highest BCUT2D eigenvalue weighted by molar-refractivity contribution is 5.32. The zero-order valence-corrected chi connectivity index (χ0v) is 12.1. The van der Waals surface area contributed by atoms with Gasteiger partial charge in [-0.2, -0.15) is 0 Å². The van der Waals surface area contributed by atoms with E-state index < -0.39 is 0 Å². The van der Waals surface area contributed by atoms with Crippen molar-refractivity contribution < 1.29 is 9.47 Å². The van der Waals surface area contributed by atoms with Gasteiger partial charge in [0.2, 0.25) is 0 Å². The van der Waals surface area contributed by atoms with Crippen LogP contribution in [0.1, 0.15) is 42.7 Å². The van der Waals surface area contributed by atoms with Crippen molar-refractivity contribution in [2.45, 2.75) is 43.6 Å². The minimum atomic E-state index is -0.245. The Kier molecular flexibility index (Phi) is 4.39. The van der Waals surface area contributed by atoms with Crippen molar-refractivity contribution in [1.29, 1.82) is 0 Å². The van der Waals surface area contributed by atoms with Gasteiger partial charge < -0.3 is 15.2 Å². The summed E-state index contributed by atoms with van der Waals surface area (Å²) in [7, 11) is 0. The van der Waals surface area contributed by atoms with Crippen LogP contribution in [0.5, 0.6) is 0 Å². The van der Waals surface area contributed by atoms with Gasteiger partial charge in [0.15, 0.2) is 0 Å². The van der Waals surface area contributed by atoms with Crippen molar-refractivity contribution in [2.75, 3.05) is 26.4 Å². The second kappa shape index (κ2) is 6.25. The summed E-state index contributed by atoms with van der Waals surface area (Å²) in [6, 6.07) is 8.79. The van der Waals surface area contributed by atoms with E-state index in [4.69, 9.17) is 15.2 Å². The Hall–Kier alpha value is -0.900. The van der Waals surface area contributed by atoms with Gasteiger partial charge in [0.25, 0.3) is 0 Å². The number of hydrogen-bond donors (Lipinski definition) is 1. The summed E-state index contributed by atoms with van der Waals surface area (Å²) in [5.41, 5.74) is 8.67. The lowest BCUT2D eigenvalue weighted by atomic mass is 9.83. The van der Waals surface area contributed by atoms with Gasteiger partial charge in [-0.25, -0.2) is 0 Å². The Morgan fingerprint density at radius 1 is 1.30 bits per heavy atom. The molecule has 1 fully saturated rings. The average molecular weight is 275 g/mol. The summed E-state index contributed by atoms with van der Waals surface area (Å²) >= 11 is 0. The Morgan fingerprint density at radius 3 is 3.00 bits per heavy atom. The number of rotatable bonds is 4. The summed E-state index contributed by atoms with van der Waals surface area (Å²) < 4.78 is 11.8. The molecule has 1 saturated heterocycles. The maximum atomic E-state index is 6.27. The summed E-state index contributed by atoms with van der Waals surface area (Å²) in [6.45, 7) is 2.83. The Balaban J connectivity index is 1.66. The van der Waals surface area contributed by atoms with Gasteiger partial charge in [0, 0.05) is 19.1 Å². The third kappa shape index (κ3) is 2.90. The normalized spacial score (nSPS) is 29.9. The quantitative estimate of drug-likeness (QED) is 0.918. The molecule has 110 valence electrons. The molecule has 1 heterocycles. The van der Waals surface area contributed by atoms with E-state index in [0.717, 1.165) is 26.1 Å². The molecule has 3 heteroatoms. The van der Waals surface area contributed by atoms with Gasteiger partial charge in [0.05, 0.1) is 13.2 Å². The second-order valence-electron chi connectivity index (χ2n) is 6.14. The smallest absolute Gasteiger partial charge is 0.104 e. The highest BCUT2D eigenvalue weighted by Gasteiger charge is 2.34. The molecule has 0 amide bonds. The number of ether oxygens (including phenoxy) is 2. The first-order chi connectivity index (χ1) is 9.83. The molecule has 1 aromatic carbocycles. The van der Waals surface area contributed by atoms with E-state index in [1.807, 2.05) is 0 Å². The minimum absolute atomic E-state index is 0.245. The van der Waals surface area contributed by atoms with Crippen molar-refractivity contribution in [3.8, 4) is 0 Å². The maximum absolute atomic E-state index is 6.27. The first-order valence-electron chi connectivity index (χ1n) is 7.83. The van der Waals surface area contributed by atoms with Crippen molar-refractivity contribution >= 4 is 0 Å². The number of benzene rings is 1. The second-order valence-corrected chi connectivity index (χ2v) is 6.14. The zero-order chi connectivity index (χ0) is 13.8. The summed E-state index contributed by atoms with van der Waals surface area (Å²) in [6.07, 6.45) is 5.77. The fourth-order valence-electron chi connectivity index (χ4n) is 3.47. The molecule has 0 aromatic heterocycles. The monoisotopic (exact) mass is 275 g/mol. The van der Waals surface area contributed by atoms with Crippen LogP contribution in [0.25, 0.3) is 0 Å².